The number of hydrogen-bond acceptors (Lipinski definition) is 5. The molecule has 0 unspecified atom stereocenters. The van der Waals surface area contributed by atoms with Crippen LogP contribution in [0.1, 0.15) is 14.9 Å². The first-order chi connectivity index (χ1) is 9.93. The van der Waals surface area contributed by atoms with E-state index in [1.807, 2.05) is 74.4 Å². The Morgan fingerprint density at radius 1 is 0.739 bits per heavy atom. The minimum atomic E-state index is 0. The lowest BCUT2D eigenvalue weighted by Gasteiger charge is -2.11. The van der Waals surface area contributed by atoms with E-state index < -0.39 is 0 Å². The standard InChI is InChI=1S/C8H10N2O.C8H12N2.2CH4/c1-10(2)8-5-3-7(9-11)4-6-8;1-10(2)8-5-3-7(9)4-6-8;;/h3-6H,1-2H3;3-6H,9H2,1-2H3;2*1H4. The van der Waals surface area contributed by atoms with Gasteiger partial charge in [-0.3, -0.25) is 0 Å². The van der Waals surface area contributed by atoms with Crippen molar-refractivity contribution in [1.82, 2.24) is 0 Å². The fourth-order valence-electron chi connectivity index (χ4n) is 1.58. The van der Waals surface area contributed by atoms with Crippen LogP contribution in [0.15, 0.2) is 53.7 Å². The highest BCUT2D eigenvalue weighted by Gasteiger charge is 1.94. The molecule has 5 heteroatoms. The van der Waals surface area contributed by atoms with Gasteiger partial charge in [0.1, 0.15) is 5.69 Å². The fourth-order valence-corrected chi connectivity index (χ4v) is 1.58. The second kappa shape index (κ2) is 11.1. The Labute approximate surface area is 140 Å². The predicted octanol–water partition coefficient (Wildman–Crippen LogP) is 4.76. The summed E-state index contributed by atoms with van der Waals surface area (Å²) in [7, 11) is 7.91. The molecule has 0 amide bonds. The maximum Gasteiger partial charge on any atom is 0.108 e. The van der Waals surface area contributed by atoms with Crippen LogP contribution in [0.3, 0.4) is 0 Å². The summed E-state index contributed by atoms with van der Waals surface area (Å²) in [6.45, 7) is 0. The summed E-state index contributed by atoms with van der Waals surface area (Å²) in [5, 5.41) is 2.80. The van der Waals surface area contributed by atoms with Crippen LogP contribution in [-0.2, 0) is 0 Å². The van der Waals surface area contributed by atoms with Gasteiger partial charge in [-0.1, -0.05) is 14.9 Å². The first-order valence-electron chi connectivity index (χ1n) is 6.57. The first-order valence-corrected chi connectivity index (χ1v) is 6.57. The van der Waals surface area contributed by atoms with Gasteiger partial charge in [0.25, 0.3) is 0 Å². The molecular weight excluding hydrogens is 288 g/mol. The van der Waals surface area contributed by atoms with Crippen LogP contribution in [0.25, 0.3) is 0 Å². The second-order valence-corrected chi connectivity index (χ2v) is 4.99. The lowest BCUT2D eigenvalue weighted by atomic mass is 10.3. The monoisotopic (exact) mass is 318 g/mol. The Bertz CT molecular complexity index is 548. The van der Waals surface area contributed by atoms with Gasteiger partial charge in [-0.15, -0.1) is 4.91 Å². The Morgan fingerprint density at radius 2 is 1.09 bits per heavy atom. The van der Waals surface area contributed by atoms with Crippen LogP contribution in [0.4, 0.5) is 22.7 Å². The Hall–Kier alpha value is -2.56. The number of hydrogen-bond donors (Lipinski definition) is 1. The number of anilines is 3. The highest BCUT2D eigenvalue weighted by atomic mass is 16.3. The van der Waals surface area contributed by atoms with Gasteiger partial charge in [-0.05, 0) is 53.7 Å². The van der Waals surface area contributed by atoms with E-state index in [9.17, 15) is 4.91 Å². The van der Waals surface area contributed by atoms with Crippen LogP contribution >= 0.6 is 0 Å². The third-order valence-corrected chi connectivity index (χ3v) is 2.88. The summed E-state index contributed by atoms with van der Waals surface area (Å²) in [6, 6.07) is 14.9. The molecule has 2 aromatic rings. The minimum absolute atomic E-state index is 0. The van der Waals surface area contributed by atoms with Crippen molar-refractivity contribution < 1.29 is 0 Å². The average Bonchev–Trinajstić information content (AvgIpc) is 2.48. The maximum atomic E-state index is 10.0. The lowest BCUT2D eigenvalue weighted by Crippen LogP contribution is -2.08. The first kappa shape index (κ1) is 22.7. The van der Waals surface area contributed by atoms with Crippen molar-refractivity contribution >= 4 is 22.7 Å². The topological polar surface area (TPSA) is 61.9 Å². The van der Waals surface area contributed by atoms with E-state index in [1.54, 1.807) is 12.1 Å². The van der Waals surface area contributed by atoms with Gasteiger partial charge >= 0.3 is 0 Å². The molecule has 0 aliphatic rings. The van der Waals surface area contributed by atoms with Crippen LogP contribution in [0, 0.1) is 4.91 Å². The number of rotatable bonds is 3. The van der Waals surface area contributed by atoms with Gasteiger partial charge in [0.2, 0.25) is 0 Å². The number of nitrogens with two attached hydrogens (primary N) is 1. The molecular formula is C18H30N4O. The molecule has 5 nitrogen and oxygen atoms in total. The van der Waals surface area contributed by atoms with Crippen LogP contribution in [-0.4, -0.2) is 28.2 Å². The Kier molecular flexibility index (Phi) is 10.9. The summed E-state index contributed by atoms with van der Waals surface area (Å²) >= 11 is 0. The van der Waals surface area contributed by atoms with Crippen LogP contribution in [0.5, 0.6) is 0 Å². The Morgan fingerprint density at radius 3 is 1.39 bits per heavy atom. The Balaban J connectivity index is 0. The van der Waals surface area contributed by atoms with E-state index in [2.05, 4.69) is 5.18 Å². The van der Waals surface area contributed by atoms with Gasteiger partial charge in [-0.25, -0.2) is 0 Å². The second-order valence-electron chi connectivity index (χ2n) is 4.99. The molecule has 0 aliphatic carbocycles. The number of nitroso groups, excluding NO2 is 1. The zero-order valence-corrected chi connectivity index (χ0v) is 12.9. The van der Waals surface area contributed by atoms with Gasteiger partial charge < -0.3 is 15.5 Å². The number of nitrogen functional groups attached to an aromatic ring is 1. The molecule has 23 heavy (non-hydrogen) atoms. The largest absolute Gasteiger partial charge is 0.399 e. The van der Waals surface area contributed by atoms with Gasteiger partial charge in [0.05, 0.1) is 0 Å². The van der Waals surface area contributed by atoms with Gasteiger partial charge in [0, 0.05) is 45.3 Å². The van der Waals surface area contributed by atoms with Crippen molar-refractivity contribution in [1.29, 1.82) is 0 Å². The molecule has 128 valence electrons. The molecule has 0 atom stereocenters. The summed E-state index contributed by atoms with van der Waals surface area (Å²) in [6.07, 6.45) is 0. The summed E-state index contributed by atoms with van der Waals surface area (Å²) in [5.74, 6) is 0. The van der Waals surface area contributed by atoms with Crippen LogP contribution < -0.4 is 15.5 Å². The van der Waals surface area contributed by atoms with E-state index in [-0.39, 0.29) is 14.9 Å². The van der Waals surface area contributed by atoms with E-state index >= 15 is 0 Å². The molecule has 0 heterocycles. The van der Waals surface area contributed by atoms with E-state index in [0.29, 0.717) is 5.69 Å². The van der Waals surface area contributed by atoms with Crippen molar-refractivity contribution in [3.8, 4) is 0 Å². The molecule has 0 aromatic heterocycles. The summed E-state index contributed by atoms with van der Waals surface area (Å²) in [4.78, 5) is 14.0. The third kappa shape index (κ3) is 7.85. The molecule has 0 saturated heterocycles. The summed E-state index contributed by atoms with van der Waals surface area (Å²) in [5.41, 5.74) is 9.03. The van der Waals surface area contributed by atoms with Gasteiger partial charge in [0.15, 0.2) is 0 Å². The summed E-state index contributed by atoms with van der Waals surface area (Å²) < 4.78 is 0. The molecule has 2 rings (SSSR count). The highest BCUT2D eigenvalue weighted by molar-refractivity contribution is 5.52. The molecule has 0 fully saturated rings. The SMILES string of the molecule is C.C.CN(C)c1ccc(N)cc1.CN(C)c1ccc(N=O)cc1. The number of nitrogens with zero attached hydrogens (tertiary/aromatic N) is 3. The quantitative estimate of drug-likeness (QED) is 0.655. The molecule has 0 radical (unpaired) electrons. The van der Waals surface area contributed by atoms with Crippen molar-refractivity contribution in [3.63, 3.8) is 0 Å². The van der Waals surface area contributed by atoms with E-state index in [0.717, 1.165) is 11.4 Å². The van der Waals surface area contributed by atoms with E-state index in [4.69, 9.17) is 5.73 Å². The number of benzene rings is 2. The molecule has 0 bridgehead atoms. The molecule has 0 saturated carbocycles. The minimum Gasteiger partial charge on any atom is -0.399 e. The van der Waals surface area contributed by atoms with Crippen molar-refractivity contribution in [3.05, 3.63) is 53.4 Å². The molecule has 2 aromatic carbocycles. The molecule has 2 N–H and O–H groups in total. The van der Waals surface area contributed by atoms with E-state index in [1.165, 1.54) is 5.69 Å². The average molecular weight is 318 g/mol. The molecule has 0 spiro atoms. The van der Waals surface area contributed by atoms with Gasteiger partial charge in [-0.2, -0.15) is 0 Å². The highest BCUT2D eigenvalue weighted by Crippen LogP contribution is 2.17. The smallest absolute Gasteiger partial charge is 0.108 e. The lowest BCUT2D eigenvalue weighted by molar-refractivity contribution is 1.13. The zero-order chi connectivity index (χ0) is 15.8. The van der Waals surface area contributed by atoms with Crippen molar-refractivity contribution in [2.24, 2.45) is 5.18 Å². The normalized spacial score (nSPS) is 8.52. The van der Waals surface area contributed by atoms with Crippen molar-refractivity contribution in [2.45, 2.75) is 14.9 Å². The fraction of sp³-hybridized carbons (Fsp3) is 0.333. The predicted molar refractivity (Wildman–Crippen MR) is 105 cm³/mol. The van der Waals surface area contributed by atoms with Crippen molar-refractivity contribution in [2.75, 3.05) is 43.7 Å². The maximum absolute atomic E-state index is 10.0. The van der Waals surface area contributed by atoms with Crippen LogP contribution in [0.2, 0.25) is 0 Å². The third-order valence-electron chi connectivity index (χ3n) is 2.88. The molecule has 0 aliphatic heterocycles. The zero-order valence-electron chi connectivity index (χ0n) is 12.9.